The maximum atomic E-state index is 5.41. The minimum Gasteiger partial charge on any atom is -0.497 e. The molecule has 7 heteroatoms. The molecule has 0 saturated carbocycles. The largest absolute Gasteiger partial charge is 0.497 e. The Morgan fingerprint density at radius 1 is 1.26 bits per heavy atom. The molecule has 1 unspecified atom stereocenters. The Kier molecular flexibility index (Phi) is 12.2. The fraction of sp³-hybridized carbons (Fsp3) is 0.650. The third-order valence-corrected chi connectivity index (χ3v) is 6.01. The first-order valence-corrected chi connectivity index (χ1v) is 10.5. The summed E-state index contributed by atoms with van der Waals surface area (Å²) in [6.07, 6.45) is 3.55. The number of rotatable bonds is 10. The van der Waals surface area contributed by atoms with Gasteiger partial charge in [0.2, 0.25) is 0 Å². The highest BCUT2D eigenvalue weighted by molar-refractivity contribution is 14.0. The maximum Gasteiger partial charge on any atom is 0.191 e. The van der Waals surface area contributed by atoms with E-state index in [2.05, 4.69) is 41.5 Å². The first kappa shape index (κ1) is 24.4. The van der Waals surface area contributed by atoms with Crippen LogP contribution in [-0.4, -0.2) is 49.9 Å². The van der Waals surface area contributed by atoms with Crippen LogP contribution >= 0.6 is 35.7 Å². The predicted octanol–water partition coefficient (Wildman–Crippen LogP) is 4.06. The van der Waals surface area contributed by atoms with Crippen molar-refractivity contribution in [3.05, 3.63) is 29.8 Å². The van der Waals surface area contributed by atoms with Gasteiger partial charge in [-0.2, -0.15) is 11.8 Å². The fourth-order valence-electron chi connectivity index (χ4n) is 2.85. The summed E-state index contributed by atoms with van der Waals surface area (Å²) in [6.45, 7) is 8.37. The first-order chi connectivity index (χ1) is 12.6. The molecule has 1 fully saturated rings. The Balaban J connectivity index is 0.00000364. The molecule has 1 aromatic carbocycles. The second-order valence-corrected chi connectivity index (χ2v) is 8.43. The number of thioether (sulfide) groups is 1. The van der Waals surface area contributed by atoms with Crippen LogP contribution in [0.15, 0.2) is 29.3 Å². The smallest absolute Gasteiger partial charge is 0.191 e. The number of guanidine groups is 1. The van der Waals surface area contributed by atoms with Gasteiger partial charge < -0.3 is 20.1 Å². The van der Waals surface area contributed by atoms with Gasteiger partial charge in [-0.3, -0.25) is 0 Å². The third kappa shape index (κ3) is 9.38. The van der Waals surface area contributed by atoms with Gasteiger partial charge in [-0.1, -0.05) is 12.1 Å². The number of hydrogen-bond donors (Lipinski definition) is 2. The van der Waals surface area contributed by atoms with E-state index in [1.54, 1.807) is 7.11 Å². The molecule has 1 saturated heterocycles. The summed E-state index contributed by atoms with van der Waals surface area (Å²) in [7, 11) is 1.68. The van der Waals surface area contributed by atoms with Gasteiger partial charge in [0.15, 0.2) is 5.96 Å². The Morgan fingerprint density at radius 2 is 2.04 bits per heavy atom. The lowest BCUT2D eigenvalue weighted by Crippen LogP contribution is -2.44. The van der Waals surface area contributed by atoms with Crippen molar-refractivity contribution < 1.29 is 9.47 Å². The molecule has 2 rings (SSSR count). The standard InChI is InChI=1S/C20H33N3O2S.HI/c1-4-25-13-6-12-21-19(23-16-20(2)11-5-14-26-20)22-15-17-7-9-18(24-3)10-8-17;/h7-10H,4-6,11-16H2,1-3H3,(H2,21,22,23);1H. The van der Waals surface area contributed by atoms with Crippen LogP contribution in [0, 0.1) is 0 Å². The molecule has 1 aromatic rings. The molecule has 0 radical (unpaired) electrons. The predicted molar refractivity (Wildman–Crippen MR) is 127 cm³/mol. The SMILES string of the molecule is CCOCCCNC(=NCc1ccc(OC)cc1)NCC1(C)CCCS1.I. The molecule has 0 aliphatic carbocycles. The molecular weight excluding hydrogens is 473 g/mol. The van der Waals surface area contributed by atoms with Gasteiger partial charge in [-0.05, 0) is 56.6 Å². The summed E-state index contributed by atoms with van der Waals surface area (Å²) < 4.78 is 10.9. The molecule has 0 aromatic heterocycles. The average Bonchev–Trinajstić information content (AvgIpc) is 3.10. The number of halogens is 1. The Bertz CT molecular complexity index is 549. The van der Waals surface area contributed by atoms with Crippen LogP contribution in [0.2, 0.25) is 0 Å². The van der Waals surface area contributed by atoms with Crippen molar-refractivity contribution in [2.24, 2.45) is 4.99 Å². The minimum atomic E-state index is 0. The summed E-state index contributed by atoms with van der Waals surface area (Å²) in [6, 6.07) is 8.07. The van der Waals surface area contributed by atoms with Crippen molar-refractivity contribution in [1.29, 1.82) is 0 Å². The molecule has 0 amide bonds. The second-order valence-electron chi connectivity index (χ2n) is 6.75. The Morgan fingerprint density at radius 3 is 2.67 bits per heavy atom. The van der Waals surface area contributed by atoms with E-state index in [0.29, 0.717) is 11.3 Å². The van der Waals surface area contributed by atoms with Gasteiger partial charge in [-0.25, -0.2) is 4.99 Å². The highest BCUT2D eigenvalue weighted by Gasteiger charge is 2.29. The van der Waals surface area contributed by atoms with E-state index in [1.807, 2.05) is 19.1 Å². The van der Waals surface area contributed by atoms with E-state index in [4.69, 9.17) is 14.5 Å². The Labute approximate surface area is 185 Å². The van der Waals surface area contributed by atoms with Crippen LogP contribution in [0.5, 0.6) is 5.75 Å². The molecule has 1 heterocycles. The third-order valence-electron chi connectivity index (χ3n) is 4.47. The van der Waals surface area contributed by atoms with Gasteiger partial charge in [0.1, 0.15) is 5.75 Å². The summed E-state index contributed by atoms with van der Waals surface area (Å²) in [5.41, 5.74) is 1.17. The molecule has 1 aliphatic rings. The van der Waals surface area contributed by atoms with Crippen LogP contribution in [-0.2, 0) is 11.3 Å². The van der Waals surface area contributed by atoms with Crippen LogP contribution in [0.4, 0.5) is 0 Å². The first-order valence-electron chi connectivity index (χ1n) is 9.52. The van der Waals surface area contributed by atoms with E-state index in [1.165, 1.54) is 24.2 Å². The quantitative estimate of drug-likeness (QED) is 0.217. The number of ether oxygens (including phenoxy) is 2. The van der Waals surface area contributed by atoms with Gasteiger partial charge in [0, 0.05) is 31.1 Å². The molecule has 0 bridgehead atoms. The Hall–Kier alpha value is -0.670. The van der Waals surface area contributed by atoms with Gasteiger partial charge in [0.05, 0.1) is 13.7 Å². The van der Waals surface area contributed by atoms with Crippen molar-refractivity contribution in [1.82, 2.24) is 10.6 Å². The van der Waals surface area contributed by atoms with E-state index in [9.17, 15) is 0 Å². The second kappa shape index (κ2) is 13.5. The van der Waals surface area contributed by atoms with Crippen LogP contribution in [0.25, 0.3) is 0 Å². The number of aliphatic imine (C=N–C) groups is 1. The van der Waals surface area contributed by atoms with E-state index in [0.717, 1.165) is 44.4 Å². The highest BCUT2D eigenvalue weighted by Crippen LogP contribution is 2.36. The van der Waals surface area contributed by atoms with Crippen molar-refractivity contribution in [2.75, 3.05) is 39.2 Å². The maximum absolute atomic E-state index is 5.41. The lowest BCUT2D eigenvalue weighted by molar-refractivity contribution is 0.145. The number of nitrogens with zero attached hydrogens (tertiary/aromatic N) is 1. The molecule has 0 spiro atoms. The van der Waals surface area contributed by atoms with E-state index < -0.39 is 0 Å². The monoisotopic (exact) mass is 507 g/mol. The molecule has 27 heavy (non-hydrogen) atoms. The molecular formula is C20H34IN3O2S. The zero-order valence-electron chi connectivity index (χ0n) is 16.8. The van der Waals surface area contributed by atoms with Gasteiger partial charge >= 0.3 is 0 Å². The van der Waals surface area contributed by atoms with Crippen LogP contribution < -0.4 is 15.4 Å². The highest BCUT2D eigenvalue weighted by atomic mass is 127. The summed E-state index contributed by atoms with van der Waals surface area (Å²) in [5, 5.41) is 6.98. The molecule has 2 N–H and O–H groups in total. The molecule has 1 atom stereocenters. The van der Waals surface area contributed by atoms with Gasteiger partial charge in [0.25, 0.3) is 0 Å². The lowest BCUT2D eigenvalue weighted by atomic mass is 10.1. The average molecular weight is 507 g/mol. The molecule has 1 aliphatic heterocycles. The van der Waals surface area contributed by atoms with Crippen LogP contribution in [0.1, 0.15) is 38.7 Å². The summed E-state index contributed by atoms with van der Waals surface area (Å²) >= 11 is 2.06. The number of benzene rings is 1. The number of methoxy groups -OCH3 is 1. The normalized spacial score (nSPS) is 19.4. The van der Waals surface area contributed by atoms with Crippen molar-refractivity contribution in [2.45, 2.75) is 44.4 Å². The minimum absolute atomic E-state index is 0. The lowest BCUT2D eigenvalue weighted by Gasteiger charge is -2.24. The topological polar surface area (TPSA) is 54.9 Å². The van der Waals surface area contributed by atoms with E-state index in [-0.39, 0.29) is 24.0 Å². The van der Waals surface area contributed by atoms with Crippen molar-refractivity contribution in [3.8, 4) is 5.75 Å². The van der Waals surface area contributed by atoms with E-state index >= 15 is 0 Å². The number of hydrogen-bond acceptors (Lipinski definition) is 4. The molecule has 5 nitrogen and oxygen atoms in total. The number of nitrogens with one attached hydrogen (secondary N) is 2. The summed E-state index contributed by atoms with van der Waals surface area (Å²) in [4.78, 5) is 4.76. The molecule has 154 valence electrons. The zero-order chi connectivity index (χ0) is 18.7. The van der Waals surface area contributed by atoms with Crippen molar-refractivity contribution in [3.63, 3.8) is 0 Å². The zero-order valence-corrected chi connectivity index (χ0v) is 19.9. The summed E-state index contributed by atoms with van der Waals surface area (Å²) in [5.74, 6) is 3.01. The van der Waals surface area contributed by atoms with Crippen LogP contribution in [0.3, 0.4) is 0 Å². The fourth-order valence-corrected chi connectivity index (χ4v) is 4.09. The van der Waals surface area contributed by atoms with Crippen molar-refractivity contribution >= 4 is 41.7 Å². The van der Waals surface area contributed by atoms with Gasteiger partial charge in [-0.15, -0.1) is 24.0 Å².